The summed E-state index contributed by atoms with van der Waals surface area (Å²) in [5.74, 6) is 1.62. The van der Waals surface area contributed by atoms with E-state index < -0.39 is 0 Å². The molecule has 2 rings (SSSR count). The highest BCUT2D eigenvalue weighted by Crippen LogP contribution is 2.19. The van der Waals surface area contributed by atoms with Crippen LogP contribution in [0.25, 0.3) is 0 Å². The number of hydrogen-bond donors (Lipinski definition) is 1. The van der Waals surface area contributed by atoms with Crippen molar-refractivity contribution in [3.05, 3.63) is 27.8 Å². The lowest BCUT2D eigenvalue weighted by atomic mass is 9.98. The van der Waals surface area contributed by atoms with Gasteiger partial charge in [-0.05, 0) is 78.7 Å². The van der Waals surface area contributed by atoms with Crippen molar-refractivity contribution in [3.63, 3.8) is 0 Å². The second-order valence-electron chi connectivity index (χ2n) is 4.77. The van der Waals surface area contributed by atoms with Crippen LogP contribution in [0.4, 0.5) is 0 Å². The molecule has 100 valence electrons. The van der Waals surface area contributed by atoms with Crippen molar-refractivity contribution in [1.82, 2.24) is 4.90 Å². The number of ether oxygens (including phenoxy) is 1. The van der Waals surface area contributed by atoms with Crippen molar-refractivity contribution in [2.45, 2.75) is 12.8 Å². The molecule has 0 aliphatic carbocycles. The zero-order valence-electron chi connectivity index (χ0n) is 10.5. The van der Waals surface area contributed by atoms with Gasteiger partial charge in [-0.15, -0.1) is 0 Å². The van der Waals surface area contributed by atoms with E-state index in [1.807, 2.05) is 12.1 Å². The summed E-state index contributed by atoms with van der Waals surface area (Å²) in [7, 11) is 0. The number of aliphatic hydroxyl groups excluding tert-OH is 1. The van der Waals surface area contributed by atoms with E-state index in [4.69, 9.17) is 9.84 Å². The molecule has 0 spiro atoms. The zero-order chi connectivity index (χ0) is 12.8. The van der Waals surface area contributed by atoms with E-state index in [2.05, 4.69) is 39.6 Å². The number of piperidine rings is 1. The Kier molecular flexibility index (Phi) is 5.72. The molecule has 1 fully saturated rings. The van der Waals surface area contributed by atoms with Crippen molar-refractivity contribution < 1.29 is 9.84 Å². The van der Waals surface area contributed by atoms with E-state index in [0.717, 1.165) is 32.0 Å². The van der Waals surface area contributed by atoms with Gasteiger partial charge in [0, 0.05) is 10.1 Å². The monoisotopic (exact) mass is 357 g/mol. The first-order valence-corrected chi connectivity index (χ1v) is 7.57. The van der Waals surface area contributed by atoms with Gasteiger partial charge in [0.2, 0.25) is 0 Å². The van der Waals surface area contributed by atoms with Crippen molar-refractivity contribution in [1.29, 1.82) is 0 Å². The van der Waals surface area contributed by atoms with E-state index >= 15 is 0 Å². The largest absolute Gasteiger partial charge is 0.493 e. The highest BCUT2D eigenvalue weighted by atomic mass is 123. The molecule has 0 amide bonds. The van der Waals surface area contributed by atoms with E-state index in [-0.39, 0.29) is 6.61 Å². The first-order chi connectivity index (χ1) is 8.78. The van der Waals surface area contributed by atoms with E-state index in [0.29, 0.717) is 5.92 Å². The molecule has 0 atom stereocenters. The fraction of sp³-hybridized carbons (Fsp3) is 0.571. The summed E-state index contributed by atoms with van der Waals surface area (Å²) in [4.78, 5) is 2.32. The molecule has 18 heavy (non-hydrogen) atoms. The number of hydrogen-bond acceptors (Lipinski definition) is 3. The Labute approximate surface area is 122 Å². The highest BCUT2D eigenvalue weighted by Gasteiger charge is 2.19. The molecule has 0 bridgehead atoms. The normalized spacial score (nSPS) is 17.9. The minimum absolute atomic E-state index is 0.268. The summed E-state index contributed by atoms with van der Waals surface area (Å²) in [5, 5.41) is 8.89. The average Bonchev–Trinajstić information content (AvgIpc) is 2.40. The van der Waals surface area contributed by atoms with Gasteiger partial charge in [0.1, 0.15) is 5.75 Å². The van der Waals surface area contributed by atoms with Crippen LogP contribution in [0.2, 0.25) is 0 Å². The molecular formula is C14H20INO2. The third-order valence-corrected chi connectivity index (χ3v) is 4.14. The summed E-state index contributed by atoms with van der Waals surface area (Å²) in [6.45, 7) is 4.06. The summed E-state index contributed by atoms with van der Waals surface area (Å²) in [6, 6.07) is 8.20. The van der Waals surface area contributed by atoms with Gasteiger partial charge in [-0.3, -0.25) is 0 Å². The molecule has 0 saturated carbocycles. The Morgan fingerprint density at radius 3 is 2.50 bits per heavy atom. The minimum atomic E-state index is 0.268. The van der Waals surface area contributed by atoms with Crippen molar-refractivity contribution >= 4 is 22.6 Å². The van der Waals surface area contributed by atoms with Crippen molar-refractivity contribution in [2.24, 2.45) is 5.92 Å². The second kappa shape index (κ2) is 7.31. The molecule has 1 aromatic carbocycles. The lowest BCUT2D eigenvalue weighted by molar-refractivity contribution is 0.122. The topological polar surface area (TPSA) is 32.7 Å². The van der Waals surface area contributed by atoms with Crippen molar-refractivity contribution in [3.8, 4) is 5.75 Å². The van der Waals surface area contributed by atoms with Gasteiger partial charge in [0.15, 0.2) is 0 Å². The van der Waals surface area contributed by atoms with Crippen LogP contribution in [0.15, 0.2) is 24.3 Å². The molecule has 1 N–H and O–H groups in total. The Hall–Kier alpha value is -0.330. The minimum Gasteiger partial charge on any atom is -0.493 e. The molecule has 1 saturated heterocycles. The van der Waals surface area contributed by atoms with Gasteiger partial charge in [-0.25, -0.2) is 0 Å². The fourth-order valence-electron chi connectivity index (χ4n) is 2.26. The molecule has 4 heteroatoms. The maximum atomic E-state index is 8.89. The Balaban J connectivity index is 1.70. The van der Waals surface area contributed by atoms with Crippen LogP contribution in [0.3, 0.4) is 0 Å². The van der Waals surface area contributed by atoms with E-state index in [1.165, 1.54) is 16.4 Å². The standard InChI is InChI=1S/C14H20INO2/c15-13-1-3-14(4-2-13)18-11-12-5-7-16(8-6-12)9-10-17/h1-4,12,17H,5-11H2/i15-4. The van der Waals surface area contributed by atoms with Crippen LogP contribution in [0.1, 0.15) is 12.8 Å². The Morgan fingerprint density at radius 2 is 1.89 bits per heavy atom. The molecular weight excluding hydrogens is 337 g/mol. The van der Waals surface area contributed by atoms with Crippen LogP contribution in [0, 0.1) is 9.49 Å². The van der Waals surface area contributed by atoms with Gasteiger partial charge >= 0.3 is 0 Å². The number of rotatable bonds is 5. The highest BCUT2D eigenvalue weighted by molar-refractivity contribution is 14.1. The molecule has 1 aliphatic rings. The second-order valence-corrected chi connectivity index (χ2v) is 6.02. The summed E-state index contributed by atoms with van der Waals surface area (Å²) in [5.41, 5.74) is 0. The Bertz CT molecular complexity index is 347. The summed E-state index contributed by atoms with van der Waals surface area (Å²) >= 11 is 2.30. The maximum Gasteiger partial charge on any atom is 0.119 e. The molecule has 1 heterocycles. The van der Waals surface area contributed by atoms with Gasteiger partial charge in [0.05, 0.1) is 13.2 Å². The number of halogens is 1. The first kappa shape index (κ1) is 14.1. The van der Waals surface area contributed by atoms with Crippen molar-refractivity contribution in [2.75, 3.05) is 32.8 Å². The lowest BCUT2D eigenvalue weighted by Gasteiger charge is -2.31. The van der Waals surface area contributed by atoms with Gasteiger partial charge in [0.25, 0.3) is 0 Å². The van der Waals surface area contributed by atoms with Gasteiger partial charge < -0.3 is 14.7 Å². The first-order valence-electron chi connectivity index (χ1n) is 6.49. The van der Waals surface area contributed by atoms with Crippen LogP contribution in [-0.4, -0.2) is 42.9 Å². The van der Waals surface area contributed by atoms with Crippen LogP contribution < -0.4 is 4.74 Å². The van der Waals surface area contributed by atoms with Crippen LogP contribution in [-0.2, 0) is 0 Å². The SMILES string of the molecule is OCCN1CCC(COc2ccc([123I])cc2)CC1. The maximum absolute atomic E-state index is 8.89. The molecule has 1 aromatic rings. The fourth-order valence-corrected chi connectivity index (χ4v) is 2.62. The third-order valence-electron chi connectivity index (χ3n) is 3.42. The smallest absolute Gasteiger partial charge is 0.119 e. The third kappa shape index (κ3) is 4.40. The molecule has 0 unspecified atom stereocenters. The number of benzene rings is 1. The van der Waals surface area contributed by atoms with Crippen LogP contribution >= 0.6 is 22.6 Å². The predicted molar refractivity (Wildman–Crippen MR) is 80.9 cm³/mol. The van der Waals surface area contributed by atoms with Gasteiger partial charge in [-0.1, -0.05) is 0 Å². The van der Waals surface area contributed by atoms with E-state index in [1.54, 1.807) is 0 Å². The predicted octanol–water partition coefficient (Wildman–Crippen LogP) is 2.37. The molecule has 3 nitrogen and oxygen atoms in total. The summed E-state index contributed by atoms with van der Waals surface area (Å²) in [6.07, 6.45) is 2.34. The molecule has 1 aliphatic heterocycles. The average molecular weight is 357 g/mol. The number of aliphatic hydroxyl groups is 1. The van der Waals surface area contributed by atoms with E-state index in [9.17, 15) is 0 Å². The summed E-state index contributed by atoms with van der Waals surface area (Å²) < 4.78 is 7.06. The van der Waals surface area contributed by atoms with Gasteiger partial charge in [-0.2, -0.15) is 0 Å². The molecule has 0 radical (unpaired) electrons. The quantitative estimate of drug-likeness (QED) is 0.822. The molecule has 0 aromatic heterocycles. The zero-order valence-corrected chi connectivity index (χ0v) is 12.7. The lowest BCUT2D eigenvalue weighted by Crippen LogP contribution is -2.37. The van der Waals surface area contributed by atoms with Crippen LogP contribution in [0.5, 0.6) is 5.75 Å². The number of β-amino-alcohol motifs (C(OH)–C–C–N with tert-alkyl or cyclic N) is 1. The number of likely N-dealkylation sites (tertiary alicyclic amines) is 1. The number of nitrogens with zero attached hydrogens (tertiary/aromatic N) is 1. The Morgan fingerprint density at radius 1 is 1.22 bits per heavy atom.